The summed E-state index contributed by atoms with van der Waals surface area (Å²) in [7, 11) is 1.90. The van der Waals surface area contributed by atoms with E-state index in [-0.39, 0.29) is 23.8 Å². The van der Waals surface area contributed by atoms with Crippen molar-refractivity contribution in [2.24, 2.45) is 13.0 Å². The molecule has 1 heterocycles. The van der Waals surface area contributed by atoms with E-state index in [0.717, 1.165) is 37.3 Å². The monoisotopic (exact) mass is 278 g/mol. The average molecular weight is 278 g/mol. The number of aryl methyl sites for hydroxylation is 2. The predicted molar refractivity (Wildman–Crippen MR) is 73.0 cm³/mol. The van der Waals surface area contributed by atoms with Gasteiger partial charge in [-0.3, -0.25) is 9.48 Å². The lowest BCUT2D eigenvalue weighted by atomic mass is 9.83. The highest BCUT2D eigenvalue weighted by molar-refractivity contribution is 5.81. The Hall–Kier alpha value is -1.43. The Morgan fingerprint density at radius 2 is 2.10 bits per heavy atom. The van der Waals surface area contributed by atoms with E-state index >= 15 is 0 Å². The van der Waals surface area contributed by atoms with Crippen LogP contribution in [-0.4, -0.2) is 37.9 Å². The third-order valence-corrected chi connectivity index (χ3v) is 4.36. The summed E-state index contributed by atoms with van der Waals surface area (Å²) in [6, 6.07) is -0.154. The lowest BCUT2D eigenvalue weighted by Crippen LogP contribution is -2.47. The molecule has 6 nitrogen and oxygen atoms in total. The van der Waals surface area contributed by atoms with Gasteiger partial charge in [0.1, 0.15) is 11.6 Å². The number of nitrogens with zero attached hydrogens (tertiary/aromatic N) is 3. The summed E-state index contributed by atoms with van der Waals surface area (Å²) < 4.78 is 1.82. The molecule has 6 heteroatoms. The summed E-state index contributed by atoms with van der Waals surface area (Å²) >= 11 is 0. The Balaban J connectivity index is 1.68. The summed E-state index contributed by atoms with van der Waals surface area (Å²) in [6.07, 6.45) is 3.87. The molecule has 0 aliphatic heterocycles. The van der Waals surface area contributed by atoms with Gasteiger partial charge in [0.05, 0.1) is 12.1 Å². The summed E-state index contributed by atoms with van der Waals surface area (Å²) in [6.45, 7) is 1.88. The third-order valence-electron chi connectivity index (χ3n) is 4.36. The Kier molecular flexibility index (Phi) is 3.50. The minimum Gasteiger partial charge on any atom is -0.391 e. The van der Waals surface area contributed by atoms with Crippen LogP contribution in [-0.2, 0) is 11.8 Å². The maximum atomic E-state index is 11.9. The van der Waals surface area contributed by atoms with Gasteiger partial charge in [-0.05, 0) is 39.0 Å². The number of hydrogen-bond donors (Lipinski definition) is 2. The maximum Gasteiger partial charge on any atom is 0.223 e. The molecule has 0 aromatic carbocycles. The summed E-state index contributed by atoms with van der Waals surface area (Å²) in [5, 5.41) is 17.4. The van der Waals surface area contributed by atoms with Crippen molar-refractivity contribution in [3.63, 3.8) is 0 Å². The molecule has 3 rings (SSSR count). The summed E-state index contributed by atoms with van der Waals surface area (Å²) in [4.78, 5) is 16.4. The zero-order valence-corrected chi connectivity index (χ0v) is 12.0. The molecule has 0 spiro atoms. The van der Waals surface area contributed by atoms with Crippen molar-refractivity contribution in [2.75, 3.05) is 0 Å². The quantitative estimate of drug-likeness (QED) is 0.850. The second kappa shape index (κ2) is 5.16. The minimum atomic E-state index is -0.441. The molecule has 1 aromatic rings. The van der Waals surface area contributed by atoms with Crippen molar-refractivity contribution >= 4 is 5.91 Å². The molecule has 0 bridgehead atoms. The molecule has 2 N–H and O–H groups in total. The van der Waals surface area contributed by atoms with Crippen molar-refractivity contribution in [1.29, 1.82) is 0 Å². The van der Waals surface area contributed by atoms with Crippen LogP contribution in [0.25, 0.3) is 0 Å². The Bertz CT molecular complexity index is 509. The van der Waals surface area contributed by atoms with Gasteiger partial charge >= 0.3 is 0 Å². The molecule has 20 heavy (non-hydrogen) atoms. The van der Waals surface area contributed by atoms with E-state index in [1.807, 2.05) is 18.7 Å². The van der Waals surface area contributed by atoms with Crippen LogP contribution in [0.5, 0.6) is 0 Å². The van der Waals surface area contributed by atoms with Crippen LogP contribution >= 0.6 is 0 Å². The summed E-state index contributed by atoms with van der Waals surface area (Å²) in [5.41, 5.74) is 0. The van der Waals surface area contributed by atoms with E-state index < -0.39 is 6.10 Å². The van der Waals surface area contributed by atoms with Crippen molar-refractivity contribution in [2.45, 2.75) is 57.1 Å². The normalized spacial score (nSPS) is 30.2. The molecule has 1 aromatic heterocycles. The number of carbonyl (C=O) groups is 1. The van der Waals surface area contributed by atoms with Gasteiger partial charge in [0.15, 0.2) is 0 Å². The number of amides is 1. The smallest absolute Gasteiger partial charge is 0.223 e. The molecule has 2 fully saturated rings. The van der Waals surface area contributed by atoms with Gasteiger partial charge in [0, 0.05) is 18.9 Å². The SMILES string of the molecule is Cc1nc([C@H]2CC[C@@H](O)[C@H](NC(=O)C3CC3)C2)n(C)n1. The van der Waals surface area contributed by atoms with Gasteiger partial charge in [-0.25, -0.2) is 4.98 Å². The number of rotatable bonds is 3. The van der Waals surface area contributed by atoms with Crippen molar-refractivity contribution in [1.82, 2.24) is 20.1 Å². The highest BCUT2D eigenvalue weighted by Crippen LogP contribution is 2.34. The first-order valence-electron chi connectivity index (χ1n) is 7.40. The molecule has 110 valence electrons. The number of nitrogens with one attached hydrogen (secondary N) is 1. The van der Waals surface area contributed by atoms with Crippen molar-refractivity contribution in [3.8, 4) is 0 Å². The summed E-state index contributed by atoms with van der Waals surface area (Å²) in [5.74, 6) is 2.27. The molecule has 2 aliphatic rings. The zero-order chi connectivity index (χ0) is 14.3. The van der Waals surface area contributed by atoms with Gasteiger partial charge in [-0.2, -0.15) is 5.10 Å². The molecule has 2 aliphatic carbocycles. The Morgan fingerprint density at radius 3 is 2.70 bits per heavy atom. The molecular weight excluding hydrogens is 256 g/mol. The van der Waals surface area contributed by atoms with Crippen LogP contribution in [0.4, 0.5) is 0 Å². The number of carbonyl (C=O) groups excluding carboxylic acids is 1. The fraction of sp³-hybridized carbons (Fsp3) is 0.786. The van der Waals surface area contributed by atoms with Crippen molar-refractivity contribution in [3.05, 3.63) is 11.6 Å². The van der Waals surface area contributed by atoms with Crippen LogP contribution in [0.1, 0.15) is 49.7 Å². The number of aromatic nitrogens is 3. The van der Waals surface area contributed by atoms with Crippen LogP contribution in [0.3, 0.4) is 0 Å². The van der Waals surface area contributed by atoms with E-state index in [1.165, 1.54) is 0 Å². The number of hydrogen-bond acceptors (Lipinski definition) is 4. The molecule has 1 amide bonds. The van der Waals surface area contributed by atoms with Gasteiger partial charge in [-0.1, -0.05) is 0 Å². The molecule has 0 unspecified atom stereocenters. The largest absolute Gasteiger partial charge is 0.391 e. The topological polar surface area (TPSA) is 80.0 Å². The van der Waals surface area contributed by atoms with Crippen LogP contribution < -0.4 is 5.32 Å². The van der Waals surface area contributed by atoms with Gasteiger partial charge < -0.3 is 10.4 Å². The first kappa shape index (κ1) is 13.5. The molecule has 3 atom stereocenters. The fourth-order valence-corrected chi connectivity index (χ4v) is 3.07. The molecule has 2 saturated carbocycles. The number of aliphatic hydroxyl groups excluding tert-OH is 1. The molecular formula is C14H22N4O2. The zero-order valence-electron chi connectivity index (χ0n) is 12.0. The van der Waals surface area contributed by atoms with Crippen LogP contribution in [0.2, 0.25) is 0 Å². The van der Waals surface area contributed by atoms with E-state index in [9.17, 15) is 9.90 Å². The highest BCUT2D eigenvalue weighted by Gasteiger charge is 2.36. The Labute approximate surface area is 118 Å². The second-order valence-electron chi connectivity index (χ2n) is 6.11. The highest BCUT2D eigenvalue weighted by atomic mass is 16.3. The van der Waals surface area contributed by atoms with E-state index in [1.54, 1.807) is 0 Å². The molecule has 0 radical (unpaired) electrons. The van der Waals surface area contributed by atoms with Gasteiger partial charge in [0.2, 0.25) is 5.91 Å². The lowest BCUT2D eigenvalue weighted by molar-refractivity contribution is -0.124. The van der Waals surface area contributed by atoms with Crippen molar-refractivity contribution < 1.29 is 9.90 Å². The van der Waals surface area contributed by atoms with E-state index in [0.29, 0.717) is 6.42 Å². The first-order chi connectivity index (χ1) is 9.54. The van der Waals surface area contributed by atoms with Crippen LogP contribution in [0.15, 0.2) is 0 Å². The van der Waals surface area contributed by atoms with Gasteiger partial charge in [0.25, 0.3) is 0 Å². The van der Waals surface area contributed by atoms with E-state index in [4.69, 9.17) is 0 Å². The first-order valence-corrected chi connectivity index (χ1v) is 7.40. The Morgan fingerprint density at radius 1 is 1.35 bits per heavy atom. The minimum absolute atomic E-state index is 0.101. The maximum absolute atomic E-state index is 11.9. The fourth-order valence-electron chi connectivity index (χ4n) is 3.07. The van der Waals surface area contributed by atoms with Crippen LogP contribution in [0, 0.1) is 12.8 Å². The lowest BCUT2D eigenvalue weighted by Gasteiger charge is -2.33. The standard InChI is InChI=1S/C14H22N4O2/c1-8-15-13(18(2)17-8)10-5-6-12(19)11(7-10)16-14(20)9-3-4-9/h9-12,19H,3-7H2,1-2H3,(H,16,20)/t10-,11+,12+/m0/s1. The average Bonchev–Trinajstić information content (AvgIpc) is 3.18. The van der Waals surface area contributed by atoms with E-state index in [2.05, 4.69) is 15.4 Å². The number of aliphatic hydroxyl groups is 1. The third kappa shape index (κ3) is 2.70. The molecule has 0 saturated heterocycles. The second-order valence-corrected chi connectivity index (χ2v) is 6.11. The predicted octanol–water partition coefficient (Wildman–Crippen LogP) is 0.647. The van der Waals surface area contributed by atoms with Gasteiger partial charge in [-0.15, -0.1) is 0 Å².